The molecule has 0 atom stereocenters. The van der Waals surface area contributed by atoms with Gasteiger partial charge in [-0.15, -0.1) is 0 Å². The topological polar surface area (TPSA) is 28.7 Å². The number of hydrogen-bond acceptors (Lipinski definition) is 3. The van der Waals surface area contributed by atoms with Crippen LogP contribution in [0.2, 0.25) is 0 Å². The number of fused-ring (bicyclic) bond motifs is 1. The van der Waals surface area contributed by atoms with Crippen LogP contribution in [0.3, 0.4) is 0 Å². The highest BCUT2D eigenvalue weighted by Gasteiger charge is 2.21. The van der Waals surface area contributed by atoms with E-state index in [0.717, 1.165) is 22.0 Å². The van der Waals surface area contributed by atoms with E-state index in [1.165, 1.54) is 11.3 Å². The zero-order chi connectivity index (χ0) is 10.3. The fourth-order valence-corrected chi connectivity index (χ4v) is 2.87. The summed E-state index contributed by atoms with van der Waals surface area (Å²) in [6.45, 7) is 6.44. The summed E-state index contributed by atoms with van der Waals surface area (Å²) in [5.41, 5.74) is 2.56. The van der Waals surface area contributed by atoms with E-state index in [0.29, 0.717) is 0 Å². The Labute approximate surface area is 93.5 Å². The maximum absolute atomic E-state index is 5.29. The van der Waals surface area contributed by atoms with Gasteiger partial charge in [0.15, 0.2) is 0 Å². The van der Waals surface area contributed by atoms with Crippen LogP contribution in [0.25, 0.3) is 0 Å². The van der Waals surface area contributed by atoms with Crippen molar-refractivity contribution in [1.29, 1.82) is 0 Å². The molecular formula is C10H14N2S2. The Morgan fingerprint density at radius 1 is 1.36 bits per heavy atom. The van der Waals surface area contributed by atoms with Crippen LogP contribution in [0.4, 0.5) is 0 Å². The fraction of sp³-hybridized carbons (Fsp3) is 0.600. The van der Waals surface area contributed by atoms with Crippen LogP contribution in [0.1, 0.15) is 37.9 Å². The van der Waals surface area contributed by atoms with Gasteiger partial charge in [0.25, 0.3) is 0 Å². The first-order valence-corrected chi connectivity index (χ1v) is 6.25. The SMILES string of the molecule is CC(C)(C)c1nc(=S)c2c([nH]1)CSC2. The van der Waals surface area contributed by atoms with E-state index in [4.69, 9.17) is 12.2 Å². The van der Waals surface area contributed by atoms with Crippen molar-refractivity contribution in [2.75, 3.05) is 0 Å². The largest absolute Gasteiger partial charge is 0.346 e. The summed E-state index contributed by atoms with van der Waals surface area (Å²) >= 11 is 7.19. The molecule has 0 bridgehead atoms. The van der Waals surface area contributed by atoms with Gasteiger partial charge in [0.2, 0.25) is 0 Å². The summed E-state index contributed by atoms with van der Waals surface area (Å²) in [4.78, 5) is 7.87. The van der Waals surface area contributed by atoms with Crippen molar-refractivity contribution < 1.29 is 0 Å². The molecule has 1 aliphatic rings. The Balaban J connectivity index is 2.58. The average molecular weight is 226 g/mol. The minimum Gasteiger partial charge on any atom is -0.346 e. The van der Waals surface area contributed by atoms with Gasteiger partial charge in [0, 0.05) is 28.2 Å². The maximum atomic E-state index is 5.29. The monoisotopic (exact) mass is 226 g/mol. The van der Waals surface area contributed by atoms with Gasteiger partial charge >= 0.3 is 0 Å². The molecule has 1 N–H and O–H groups in total. The molecule has 4 heteroatoms. The van der Waals surface area contributed by atoms with E-state index in [1.807, 2.05) is 11.8 Å². The van der Waals surface area contributed by atoms with Crippen LogP contribution in [0.15, 0.2) is 0 Å². The van der Waals surface area contributed by atoms with Crippen molar-refractivity contribution in [3.05, 3.63) is 21.7 Å². The molecule has 0 saturated heterocycles. The Hall–Kier alpha value is -0.350. The Kier molecular flexibility index (Phi) is 2.43. The van der Waals surface area contributed by atoms with Crippen LogP contribution in [-0.2, 0) is 16.9 Å². The van der Waals surface area contributed by atoms with Crippen molar-refractivity contribution >= 4 is 24.0 Å². The lowest BCUT2D eigenvalue weighted by Gasteiger charge is -2.18. The van der Waals surface area contributed by atoms with Crippen molar-refractivity contribution in [3.8, 4) is 0 Å². The van der Waals surface area contributed by atoms with E-state index in [2.05, 4.69) is 30.7 Å². The summed E-state index contributed by atoms with van der Waals surface area (Å²) in [5, 5.41) is 0. The highest BCUT2D eigenvalue weighted by atomic mass is 32.2. The molecule has 0 unspecified atom stereocenters. The van der Waals surface area contributed by atoms with Gasteiger partial charge in [-0.2, -0.15) is 11.8 Å². The zero-order valence-electron chi connectivity index (χ0n) is 8.68. The van der Waals surface area contributed by atoms with Crippen LogP contribution < -0.4 is 0 Å². The molecule has 2 nitrogen and oxygen atoms in total. The smallest absolute Gasteiger partial charge is 0.134 e. The van der Waals surface area contributed by atoms with Gasteiger partial charge in [0.1, 0.15) is 10.5 Å². The lowest BCUT2D eigenvalue weighted by molar-refractivity contribution is 0.541. The van der Waals surface area contributed by atoms with Crippen LogP contribution >= 0.6 is 24.0 Å². The highest BCUT2D eigenvalue weighted by molar-refractivity contribution is 7.98. The summed E-state index contributed by atoms with van der Waals surface area (Å²) in [7, 11) is 0. The van der Waals surface area contributed by atoms with E-state index in [9.17, 15) is 0 Å². The highest BCUT2D eigenvalue weighted by Crippen LogP contribution is 2.30. The minimum absolute atomic E-state index is 0.0514. The van der Waals surface area contributed by atoms with Gasteiger partial charge in [0.05, 0.1) is 0 Å². The molecule has 1 aliphatic heterocycles. The Morgan fingerprint density at radius 3 is 2.71 bits per heavy atom. The molecule has 0 aromatic carbocycles. The van der Waals surface area contributed by atoms with E-state index in [1.54, 1.807) is 0 Å². The molecule has 0 fully saturated rings. The number of hydrogen-bond donors (Lipinski definition) is 1. The summed E-state index contributed by atoms with van der Waals surface area (Å²) in [6.07, 6.45) is 0. The van der Waals surface area contributed by atoms with Gasteiger partial charge in [-0.3, -0.25) is 0 Å². The average Bonchev–Trinajstić information content (AvgIpc) is 2.50. The third-order valence-electron chi connectivity index (χ3n) is 2.31. The molecule has 0 saturated carbocycles. The third-order valence-corrected chi connectivity index (χ3v) is 3.63. The first-order valence-electron chi connectivity index (χ1n) is 4.69. The van der Waals surface area contributed by atoms with E-state index in [-0.39, 0.29) is 5.41 Å². The van der Waals surface area contributed by atoms with E-state index >= 15 is 0 Å². The van der Waals surface area contributed by atoms with Crippen LogP contribution in [0, 0.1) is 4.64 Å². The summed E-state index contributed by atoms with van der Waals surface area (Å²) < 4.78 is 0.786. The number of aromatic amines is 1. The summed E-state index contributed by atoms with van der Waals surface area (Å²) in [6, 6.07) is 0. The Morgan fingerprint density at radius 2 is 2.07 bits per heavy atom. The Bertz CT molecular complexity index is 415. The minimum atomic E-state index is 0.0514. The lowest BCUT2D eigenvalue weighted by atomic mass is 9.95. The lowest BCUT2D eigenvalue weighted by Crippen LogP contribution is -2.17. The van der Waals surface area contributed by atoms with Gasteiger partial charge in [-0.25, -0.2) is 4.98 Å². The second-order valence-corrected chi connectivity index (χ2v) is 5.96. The molecular weight excluding hydrogens is 212 g/mol. The van der Waals surface area contributed by atoms with Crippen molar-refractivity contribution in [2.45, 2.75) is 37.7 Å². The molecule has 0 amide bonds. The van der Waals surface area contributed by atoms with Crippen molar-refractivity contribution in [3.63, 3.8) is 0 Å². The third kappa shape index (κ3) is 1.73. The number of nitrogens with one attached hydrogen (secondary N) is 1. The molecule has 1 aromatic heterocycles. The number of aromatic nitrogens is 2. The molecule has 2 rings (SSSR count). The molecule has 0 aliphatic carbocycles. The summed E-state index contributed by atoms with van der Waals surface area (Å²) in [5.74, 6) is 3.07. The van der Waals surface area contributed by atoms with Crippen LogP contribution in [0.5, 0.6) is 0 Å². The van der Waals surface area contributed by atoms with Crippen molar-refractivity contribution in [1.82, 2.24) is 9.97 Å². The van der Waals surface area contributed by atoms with Crippen LogP contribution in [-0.4, -0.2) is 9.97 Å². The molecule has 14 heavy (non-hydrogen) atoms. The normalized spacial score (nSPS) is 15.6. The standard InChI is InChI=1S/C10H14N2S2/c1-10(2,3)9-11-7-5-14-4-6(7)8(13)12-9/h4-5H2,1-3H3,(H,11,12,13). The first-order chi connectivity index (χ1) is 6.48. The molecule has 76 valence electrons. The van der Waals surface area contributed by atoms with Gasteiger partial charge in [-0.05, 0) is 0 Å². The zero-order valence-corrected chi connectivity index (χ0v) is 10.3. The predicted molar refractivity (Wildman–Crippen MR) is 63.1 cm³/mol. The quantitative estimate of drug-likeness (QED) is 0.689. The molecule has 2 heterocycles. The van der Waals surface area contributed by atoms with E-state index < -0.39 is 0 Å². The van der Waals surface area contributed by atoms with Gasteiger partial charge in [-0.1, -0.05) is 33.0 Å². The first kappa shape index (κ1) is 10.2. The maximum Gasteiger partial charge on any atom is 0.134 e. The molecule has 0 spiro atoms. The molecule has 0 radical (unpaired) electrons. The second-order valence-electron chi connectivity index (χ2n) is 4.59. The fourth-order valence-electron chi connectivity index (χ4n) is 1.43. The van der Waals surface area contributed by atoms with Gasteiger partial charge < -0.3 is 4.98 Å². The number of thioether (sulfide) groups is 1. The number of H-pyrrole nitrogens is 1. The second kappa shape index (κ2) is 3.35. The predicted octanol–water partition coefficient (Wildman–Crippen LogP) is 3.18. The van der Waals surface area contributed by atoms with Crippen molar-refractivity contribution in [2.24, 2.45) is 0 Å². The molecule has 1 aromatic rings. The number of rotatable bonds is 0. The number of nitrogens with zero attached hydrogens (tertiary/aromatic N) is 1.